The summed E-state index contributed by atoms with van der Waals surface area (Å²) in [5.41, 5.74) is 1.11. The molecule has 1 aromatic rings. The van der Waals surface area contributed by atoms with E-state index >= 15 is 0 Å². The molecule has 1 aromatic heterocycles. The van der Waals surface area contributed by atoms with Crippen LogP contribution in [0.1, 0.15) is 57.9 Å². The van der Waals surface area contributed by atoms with Crippen LogP contribution in [0.4, 0.5) is 0 Å². The Hall–Kier alpha value is -1.89. The van der Waals surface area contributed by atoms with Gasteiger partial charge in [0.15, 0.2) is 0 Å². The fourth-order valence-electron chi connectivity index (χ4n) is 4.67. The number of aromatic nitrogens is 2. The Bertz CT molecular complexity index is 696. The number of hydrogen-bond acceptors (Lipinski definition) is 4. The van der Waals surface area contributed by atoms with E-state index in [0.717, 1.165) is 44.5 Å². The zero-order chi connectivity index (χ0) is 21.5. The Balaban J connectivity index is 1.54. The highest BCUT2D eigenvalue weighted by atomic mass is 16.2. The molecule has 7 nitrogen and oxygen atoms in total. The molecule has 2 aliphatic heterocycles. The van der Waals surface area contributed by atoms with Crippen LogP contribution in [0.5, 0.6) is 0 Å². The molecule has 0 aliphatic carbocycles. The van der Waals surface area contributed by atoms with Crippen molar-refractivity contribution in [2.75, 3.05) is 39.3 Å². The molecule has 1 atom stereocenters. The van der Waals surface area contributed by atoms with Crippen LogP contribution in [0, 0.1) is 12.8 Å². The lowest BCUT2D eigenvalue weighted by Crippen LogP contribution is -2.53. The molecule has 2 amide bonds. The Kier molecular flexibility index (Phi) is 8.31. The van der Waals surface area contributed by atoms with Crippen LogP contribution >= 0.6 is 0 Å². The number of likely N-dealkylation sites (tertiary alicyclic amines) is 2. The molecule has 0 spiro atoms. The smallest absolute Gasteiger partial charge is 0.225 e. The van der Waals surface area contributed by atoms with Gasteiger partial charge in [-0.1, -0.05) is 13.8 Å². The summed E-state index contributed by atoms with van der Waals surface area (Å²) in [6.07, 6.45) is 9.81. The van der Waals surface area contributed by atoms with Gasteiger partial charge in [0.1, 0.15) is 0 Å². The Labute approximate surface area is 181 Å². The summed E-state index contributed by atoms with van der Waals surface area (Å²) in [5.74, 6) is 0.385. The van der Waals surface area contributed by atoms with Crippen LogP contribution in [0.3, 0.4) is 0 Å². The first-order chi connectivity index (χ1) is 14.4. The molecular formula is C23H39N5O2. The summed E-state index contributed by atoms with van der Waals surface area (Å²) in [5, 5.41) is 4.27. The van der Waals surface area contributed by atoms with Gasteiger partial charge in [0.25, 0.3) is 0 Å². The van der Waals surface area contributed by atoms with Gasteiger partial charge in [-0.2, -0.15) is 5.10 Å². The Morgan fingerprint density at radius 1 is 1.17 bits per heavy atom. The summed E-state index contributed by atoms with van der Waals surface area (Å²) in [4.78, 5) is 32.3. The second-order valence-electron chi connectivity index (χ2n) is 9.26. The van der Waals surface area contributed by atoms with Gasteiger partial charge < -0.3 is 14.7 Å². The van der Waals surface area contributed by atoms with E-state index < -0.39 is 0 Å². The van der Waals surface area contributed by atoms with Crippen molar-refractivity contribution in [2.45, 2.75) is 71.9 Å². The lowest BCUT2D eigenvalue weighted by atomic mass is 10.0. The van der Waals surface area contributed by atoms with E-state index in [9.17, 15) is 9.59 Å². The molecular weight excluding hydrogens is 378 g/mol. The number of carbonyl (C=O) groups excluding carboxylic acids is 2. The predicted molar refractivity (Wildman–Crippen MR) is 118 cm³/mol. The van der Waals surface area contributed by atoms with E-state index in [1.807, 2.05) is 42.7 Å². The molecule has 168 valence electrons. The summed E-state index contributed by atoms with van der Waals surface area (Å²) in [6.45, 7) is 12.3. The third kappa shape index (κ3) is 6.30. The zero-order valence-electron chi connectivity index (χ0n) is 19.1. The highest BCUT2D eigenvalue weighted by molar-refractivity contribution is 5.79. The molecule has 0 aromatic carbocycles. The summed E-state index contributed by atoms with van der Waals surface area (Å²) >= 11 is 0. The molecule has 0 N–H and O–H groups in total. The summed E-state index contributed by atoms with van der Waals surface area (Å²) in [6, 6.07) is 0.142. The first-order valence-corrected chi connectivity index (χ1v) is 11.7. The quantitative estimate of drug-likeness (QED) is 0.620. The average molecular weight is 418 g/mol. The monoisotopic (exact) mass is 417 g/mol. The number of nitrogens with zero attached hydrogens (tertiary/aromatic N) is 5. The Morgan fingerprint density at radius 3 is 2.60 bits per heavy atom. The van der Waals surface area contributed by atoms with E-state index in [2.05, 4.69) is 14.9 Å². The number of aryl methyl sites for hydroxylation is 2. The van der Waals surface area contributed by atoms with E-state index in [1.165, 1.54) is 25.9 Å². The first kappa shape index (κ1) is 22.8. The lowest BCUT2D eigenvalue weighted by molar-refractivity contribution is -0.142. The van der Waals surface area contributed by atoms with Crippen LogP contribution in [-0.4, -0.2) is 81.6 Å². The average Bonchev–Trinajstić information content (AvgIpc) is 3.40. The van der Waals surface area contributed by atoms with Gasteiger partial charge in [0.05, 0.1) is 6.20 Å². The Morgan fingerprint density at radius 2 is 1.93 bits per heavy atom. The van der Waals surface area contributed by atoms with Gasteiger partial charge in [0, 0.05) is 50.8 Å². The fourth-order valence-corrected chi connectivity index (χ4v) is 4.67. The van der Waals surface area contributed by atoms with Crippen LogP contribution < -0.4 is 0 Å². The van der Waals surface area contributed by atoms with Crippen molar-refractivity contribution in [1.82, 2.24) is 24.5 Å². The highest BCUT2D eigenvalue weighted by Crippen LogP contribution is 2.20. The molecule has 3 rings (SSSR count). The van der Waals surface area contributed by atoms with Crippen molar-refractivity contribution >= 4 is 11.8 Å². The largest absolute Gasteiger partial charge is 0.341 e. The van der Waals surface area contributed by atoms with Crippen LogP contribution in [0.25, 0.3) is 0 Å². The molecule has 2 fully saturated rings. The van der Waals surface area contributed by atoms with Crippen molar-refractivity contribution in [3.63, 3.8) is 0 Å². The molecule has 2 saturated heterocycles. The topological polar surface area (TPSA) is 61.7 Å². The number of piperidine rings is 1. The minimum absolute atomic E-state index is 0.00841. The molecule has 3 heterocycles. The molecule has 30 heavy (non-hydrogen) atoms. The van der Waals surface area contributed by atoms with Crippen molar-refractivity contribution in [3.8, 4) is 0 Å². The molecule has 0 saturated carbocycles. The van der Waals surface area contributed by atoms with Crippen LogP contribution in [0.2, 0.25) is 0 Å². The normalized spacial score (nSPS) is 20.1. The number of rotatable bonds is 9. The maximum absolute atomic E-state index is 13.0. The first-order valence-electron chi connectivity index (χ1n) is 11.7. The van der Waals surface area contributed by atoms with E-state index in [4.69, 9.17) is 0 Å². The minimum Gasteiger partial charge on any atom is -0.341 e. The number of hydrogen-bond donors (Lipinski definition) is 0. The second-order valence-corrected chi connectivity index (χ2v) is 9.26. The van der Waals surface area contributed by atoms with Crippen molar-refractivity contribution in [2.24, 2.45) is 5.92 Å². The van der Waals surface area contributed by atoms with Crippen molar-refractivity contribution < 1.29 is 9.59 Å². The third-order valence-corrected chi connectivity index (χ3v) is 6.36. The van der Waals surface area contributed by atoms with Crippen molar-refractivity contribution in [1.29, 1.82) is 0 Å². The van der Waals surface area contributed by atoms with Gasteiger partial charge in [-0.05, 0) is 64.2 Å². The van der Waals surface area contributed by atoms with Gasteiger partial charge in [0.2, 0.25) is 11.8 Å². The minimum atomic E-state index is -0.00841. The van der Waals surface area contributed by atoms with E-state index in [1.54, 1.807) is 0 Å². The standard InChI is InChI=1S/C23H39N5O2/c1-19(2)23(30)28(14-7-12-25-10-4-5-11-25)21-8-6-13-26(18-21)22(29)9-15-27-17-20(3)16-24-27/h16-17,19,21H,4-15,18H2,1-3H3. The number of carbonyl (C=O) groups is 2. The van der Waals surface area contributed by atoms with E-state index in [0.29, 0.717) is 19.5 Å². The predicted octanol–water partition coefficient (Wildman–Crippen LogP) is 2.54. The maximum Gasteiger partial charge on any atom is 0.225 e. The van der Waals surface area contributed by atoms with Crippen LogP contribution in [-0.2, 0) is 16.1 Å². The van der Waals surface area contributed by atoms with Gasteiger partial charge >= 0.3 is 0 Å². The lowest BCUT2D eigenvalue weighted by Gasteiger charge is -2.40. The fraction of sp³-hybridized carbons (Fsp3) is 0.783. The number of amides is 2. The third-order valence-electron chi connectivity index (χ3n) is 6.36. The molecule has 2 aliphatic rings. The van der Waals surface area contributed by atoms with E-state index in [-0.39, 0.29) is 23.8 Å². The summed E-state index contributed by atoms with van der Waals surface area (Å²) < 4.78 is 1.83. The van der Waals surface area contributed by atoms with Crippen LogP contribution in [0.15, 0.2) is 12.4 Å². The highest BCUT2D eigenvalue weighted by Gasteiger charge is 2.31. The van der Waals surface area contributed by atoms with Gasteiger partial charge in [-0.15, -0.1) is 0 Å². The summed E-state index contributed by atoms with van der Waals surface area (Å²) in [7, 11) is 0. The maximum atomic E-state index is 13.0. The molecule has 1 unspecified atom stereocenters. The SMILES string of the molecule is Cc1cnn(CCC(=O)N2CCCC(N(CCCN3CCCC3)C(=O)C(C)C)C2)c1. The second kappa shape index (κ2) is 10.9. The molecule has 7 heteroatoms. The van der Waals surface area contributed by atoms with Gasteiger partial charge in [-0.3, -0.25) is 14.3 Å². The van der Waals surface area contributed by atoms with Crippen molar-refractivity contribution in [3.05, 3.63) is 18.0 Å². The van der Waals surface area contributed by atoms with Gasteiger partial charge in [-0.25, -0.2) is 0 Å². The molecule has 0 bridgehead atoms. The zero-order valence-corrected chi connectivity index (χ0v) is 19.1. The molecule has 0 radical (unpaired) electrons.